The molecule has 1 atom stereocenters. The zero-order valence-electron chi connectivity index (χ0n) is 14.7. The summed E-state index contributed by atoms with van der Waals surface area (Å²) in [5.41, 5.74) is 6.54. The number of rotatable bonds is 5. The Morgan fingerprint density at radius 1 is 1.33 bits per heavy atom. The Balaban J connectivity index is 1.54. The van der Waals surface area contributed by atoms with Gasteiger partial charge in [0.1, 0.15) is 23.0 Å². The maximum absolute atomic E-state index is 13.6. The van der Waals surface area contributed by atoms with E-state index in [1.807, 2.05) is 4.90 Å². The second-order valence-corrected chi connectivity index (χ2v) is 6.67. The lowest BCUT2D eigenvalue weighted by molar-refractivity contribution is -0.119. The molecule has 1 amide bonds. The first-order chi connectivity index (χ1) is 13.1. The standard InChI is InChI=1S/C18H20FN7O/c19-12-3-4-17-22-8-14(26(17)9-12)18-21-6-5-16(24-18)23-13-2-1-7-25(10-13)11-15(20)27/h3-6,8-9,13H,1-2,7,10-11H2,(H2,20,27)(H,21,23,24). The molecule has 1 aliphatic heterocycles. The first kappa shape index (κ1) is 17.3. The summed E-state index contributed by atoms with van der Waals surface area (Å²) in [4.78, 5) is 26.3. The van der Waals surface area contributed by atoms with E-state index in [0.29, 0.717) is 23.0 Å². The third-order valence-corrected chi connectivity index (χ3v) is 4.59. The smallest absolute Gasteiger partial charge is 0.231 e. The minimum absolute atomic E-state index is 0.167. The Kier molecular flexibility index (Phi) is 4.68. The van der Waals surface area contributed by atoms with Gasteiger partial charge in [0.05, 0.1) is 12.7 Å². The third kappa shape index (κ3) is 3.87. The average molecular weight is 369 g/mol. The monoisotopic (exact) mass is 369 g/mol. The predicted octanol–water partition coefficient (Wildman–Crippen LogP) is 1.29. The molecule has 27 heavy (non-hydrogen) atoms. The maximum atomic E-state index is 13.6. The van der Waals surface area contributed by atoms with Gasteiger partial charge in [-0.2, -0.15) is 0 Å². The summed E-state index contributed by atoms with van der Waals surface area (Å²) in [5, 5.41) is 3.40. The highest BCUT2D eigenvalue weighted by Crippen LogP contribution is 2.20. The summed E-state index contributed by atoms with van der Waals surface area (Å²) in [7, 11) is 0. The normalized spacial score (nSPS) is 17.9. The fraction of sp³-hybridized carbons (Fsp3) is 0.333. The zero-order chi connectivity index (χ0) is 18.8. The van der Waals surface area contributed by atoms with Gasteiger partial charge in [0.25, 0.3) is 0 Å². The molecule has 0 saturated carbocycles. The highest BCUT2D eigenvalue weighted by molar-refractivity contribution is 5.75. The van der Waals surface area contributed by atoms with Gasteiger partial charge >= 0.3 is 0 Å². The van der Waals surface area contributed by atoms with E-state index in [-0.39, 0.29) is 24.3 Å². The number of hydrogen-bond acceptors (Lipinski definition) is 6. The molecule has 1 unspecified atom stereocenters. The van der Waals surface area contributed by atoms with Crippen molar-refractivity contribution in [2.45, 2.75) is 18.9 Å². The van der Waals surface area contributed by atoms with E-state index in [1.165, 1.54) is 12.3 Å². The van der Waals surface area contributed by atoms with Crippen LogP contribution in [0.15, 0.2) is 36.8 Å². The first-order valence-electron chi connectivity index (χ1n) is 8.82. The number of aromatic nitrogens is 4. The van der Waals surface area contributed by atoms with Crippen molar-refractivity contribution in [3.05, 3.63) is 42.6 Å². The number of fused-ring (bicyclic) bond motifs is 1. The van der Waals surface area contributed by atoms with E-state index in [0.717, 1.165) is 25.9 Å². The molecule has 4 rings (SSSR count). The quantitative estimate of drug-likeness (QED) is 0.703. The van der Waals surface area contributed by atoms with Gasteiger partial charge in [-0.25, -0.2) is 19.3 Å². The van der Waals surface area contributed by atoms with Crippen LogP contribution in [-0.4, -0.2) is 55.8 Å². The van der Waals surface area contributed by atoms with Crippen molar-refractivity contribution in [1.29, 1.82) is 0 Å². The number of imidazole rings is 1. The topological polar surface area (TPSA) is 101 Å². The van der Waals surface area contributed by atoms with Crippen LogP contribution < -0.4 is 11.1 Å². The minimum Gasteiger partial charge on any atom is -0.369 e. The largest absolute Gasteiger partial charge is 0.369 e. The third-order valence-electron chi connectivity index (χ3n) is 4.59. The molecule has 3 aromatic rings. The SMILES string of the molecule is NC(=O)CN1CCCC(Nc2ccnc(-c3cnc4ccc(F)cn34)n2)C1. The van der Waals surface area contributed by atoms with Gasteiger partial charge in [0.15, 0.2) is 5.82 Å². The first-order valence-corrected chi connectivity index (χ1v) is 8.82. The Bertz CT molecular complexity index is 973. The lowest BCUT2D eigenvalue weighted by Gasteiger charge is -2.32. The lowest BCUT2D eigenvalue weighted by Crippen LogP contribution is -2.45. The Morgan fingerprint density at radius 2 is 2.22 bits per heavy atom. The van der Waals surface area contributed by atoms with Crippen LogP contribution in [0.3, 0.4) is 0 Å². The number of amides is 1. The van der Waals surface area contributed by atoms with Gasteiger partial charge in [-0.3, -0.25) is 14.1 Å². The predicted molar refractivity (Wildman–Crippen MR) is 98.5 cm³/mol. The van der Waals surface area contributed by atoms with Gasteiger partial charge in [-0.05, 0) is 37.6 Å². The van der Waals surface area contributed by atoms with Crippen molar-refractivity contribution in [2.24, 2.45) is 5.73 Å². The number of anilines is 1. The van der Waals surface area contributed by atoms with E-state index >= 15 is 0 Å². The van der Waals surface area contributed by atoms with Crippen LogP contribution in [0, 0.1) is 5.82 Å². The van der Waals surface area contributed by atoms with Crippen molar-refractivity contribution in [3.63, 3.8) is 0 Å². The molecule has 3 N–H and O–H groups in total. The zero-order valence-corrected chi connectivity index (χ0v) is 14.7. The van der Waals surface area contributed by atoms with Gasteiger partial charge in [0.2, 0.25) is 5.91 Å². The number of pyridine rings is 1. The summed E-state index contributed by atoms with van der Waals surface area (Å²) in [6.45, 7) is 1.85. The summed E-state index contributed by atoms with van der Waals surface area (Å²) in [6, 6.07) is 4.93. The van der Waals surface area contributed by atoms with Crippen molar-refractivity contribution in [1.82, 2.24) is 24.3 Å². The molecule has 8 nitrogen and oxygen atoms in total. The van der Waals surface area contributed by atoms with E-state index in [1.54, 1.807) is 28.9 Å². The van der Waals surface area contributed by atoms with E-state index in [9.17, 15) is 9.18 Å². The van der Waals surface area contributed by atoms with E-state index in [4.69, 9.17) is 5.73 Å². The number of nitrogens with two attached hydrogens (primary N) is 1. The van der Waals surface area contributed by atoms with Crippen LogP contribution in [-0.2, 0) is 4.79 Å². The van der Waals surface area contributed by atoms with Crippen LogP contribution in [0.2, 0.25) is 0 Å². The molecule has 0 bridgehead atoms. The molecule has 1 fully saturated rings. The van der Waals surface area contributed by atoms with Crippen molar-refractivity contribution < 1.29 is 9.18 Å². The Labute approximate surface area is 155 Å². The number of carbonyl (C=O) groups excluding carboxylic acids is 1. The summed E-state index contributed by atoms with van der Waals surface area (Å²) < 4.78 is 15.2. The molecule has 4 heterocycles. The molecule has 0 radical (unpaired) electrons. The Morgan fingerprint density at radius 3 is 3.07 bits per heavy atom. The molecule has 0 spiro atoms. The second-order valence-electron chi connectivity index (χ2n) is 6.67. The van der Waals surface area contributed by atoms with Crippen molar-refractivity contribution in [3.8, 4) is 11.5 Å². The highest BCUT2D eigenvalue weighted by atomic mass is 19.1. The molecule has 0 aliphatic carbocycles. The van der Waals surface area contributed by atoms with Gasteiger partial charge in [0, 0.05) is 25.0 Å². The fourth-order valence-corrected chi connectivity index (χ4v) is 3.43. The molecule has 3 aromatic heterocycles. The summed E-state index contributed by atoms with van der Waals surface area (Å²) >= 11 is 0. The van der Waals surface area contributed by atoms with Crippen LogP contribution in [0.4, 0.5) is 10.2 Å². The van der Waals surface area contributed by atoms with E-state index < -0.39 is 0 Å². The molecule has 0 aromatic carbocycles. The number of primary amides is 1. The molecule has 1 saturated heterocycles. The summed E-state index contributed by atoms with van der Waals surface area (Å²) in [5.74, 6) is 0.466. The van der Waals surface area contributed by atoms with Crippen molar-refractivity contribution >= 4 is 17.4 Å². The number of nitrogens with one attached hydrogen (secondary N) is 1. The number of nitrogens with zero attached hydrogens (tertiary/aromatic N) is 5. The number of halogens is 1. The maximum Gasteiger partial charge on any atom is 0.231 e. The van der Waals surface area contributed by atoms with Crippen LogP contribution in [0.25, 0.3) is 17.2 Å². The molecular weight excluding hydrogens is 349 g/mol. The number of likely N-dealkylation sites (tertiary alicyclic amines) is 1. The number of carbonyl (C=O) groups is 1. The highest BCUT2D eigenvalue weighted by Gasteiger charge is 2.21. The fourth-order valence-electron chi connectivity index (χ4n) is 3.43. The van der Waals surface area contributed by atoms with Crippen LogP contribution in [0.5, 0.6) is 0 Å². The number of hydrogen-bond donors (Lipinski definition) is 2. The molecular formula is C18H20FN7O. The summed E-state index contributed by atoms with van der Waals surface area (Å²) in [6.07, 6.45) is 6.62. The average Bonchev–Trinajstić information content (AvgIpc) is 3.05. The Hall–Kier alpha value is -3.07. The molecule has 9 heteroatoms. The second kappa shape index (κ2) is 7.28. The molecule has 1 aliphatic rings. The number of piperidine rings is 1. The van der Waals surface area contributed by atoms with Gasteiger partial charge < -0.3 is 11.1 Å². The minimum atomic E-state index is -0.354. The van der Waals surface area contributed by atoms with Gasteiger partial charge in [-0.15, -0.1) is 0 Å². The van der Waals surface area contributed by atoms with E-state index in [2.05, 4.69) is 20.3 Å². The molecule has 140 valence electrons. The lowest BCUT2D eigenvalue weighted by atomic mass is 10.1. The van der Waals surface area contributed by atoms with Crippen molar-refractivity contribution in [2.75, 3.05) is 25.0 Å². The van der Waals surface area contributed by atoms with Gasteiger partial charge in [-0.1, -0.05) is 0 Å². The van der Waals surface area contributed by atoms with Crippen LogP contribution in [0.1, 0.15) is 12.8 Å². The van der Waals surface area contributed by atoms with Crippen LogP contribution >= 0.6 is 0 Å².